The van der Waals surface area contributed by atoms with Crippen molar-refractivity contribution < 1.29 is 9.53 Å². The molecule has 6 heteroatoms. The van der Waals surface area contributed by atoms with Crippen LogP contribution >= 0.6 is 27.3 Å². The molecule has 4 nitrogen and oxygen atoms in total. The van der Waals surface area contributed by atoms with Gasteiger partial charge in [-0.3, -0.25) is 4.79 Å². The van der Waals surface area contributed by atoms with Gasteiger partial charge in [-0.05, 0) is 97.1 Å². The predicted molar refractivity (Wildman–Crippen MR) is 135 cm³/mol. The molecular formula is C26H29BrN2O2S. The zero-order valence-electron chi connectivity index (χ0n) is 19.1. The number of methoxy groups -OCH3 is 1. The Balaban J connectivity index is 1.82. The quantitative estimate of drug-likeness (QED) is 0.378. The number of aromatic nitrogens is 1. The summed E-state index contributed by atoms with van der Waals surface area (Å²) in [6.07, 6.45) is 3.96. The highest BCUT2D eigenvalue weighted by atomic mass is 79.9. The van der Waals surface area contributed by atoms with Gasteiger partial charge in [0.25, 0.3) is 5.91 Å². The topological polar surface area (TPSA) is 34.5 Å². The molecule has 2 aliphatic rings. The number of halogens is 1. The first kappa shape index (κ1) is 21.8. The average molecular weight is 514 g/mol. The van der Waals surface area contributed by atoms with Crippen molar-refractivity contribution in [1.29, 1.82) is 0 Å². The SMILES string of the molecule is COc1cc2c(cc1Br)-c1c(-c3cccs3)c3c(n1CC2)C(=O)N(C(C)(C)C)CCCC3. The second-order valence-corrected chi connectivity index (χ2v) is 11.5. The number of amides is 1. The van der Waals surface area contributed by atoms with E-state index in [0.29, 0.717) is 0 Å². The Morgan fingerprint density at radius 1 is 1.09 bits per heavy atom. The minimum atomic E-state index is -0.206. The Hall–Kier alpha value is -2.05. The molecule has 168 valence electrons. The van der Waals surface area contributed by atoms with Gasteiger partial charge in [-0.25, -0.2) is 0 Å². The van der Waals surface area contributed by atoms with Gasteiger partial charge in [-0.1, -0.05) is 6.07 Å². The second-order valence-electron chi connectivity index (χ2n) is 9.66. The van der Waals surface area contributed by atoms with Gasteiger partial charge in [0.1, 0.15) is 11.4 Å². The van der Waals surface area contributed by atoms with Gasteiger partial charge >= 0.3 is 0 Å². The lowest BCUT2D eigenvalue weighted by Crippen LogP contribution is -2.47. The largest absolute Gasteiger partial charge is 0.496 e. The number of thiophene rings is 1. The van der Waals surface area contributed by atoms with E-state index in [4.69, 9.17) is 4.74 Å². The van der Waals surface area contributed by atoms with Gasteiger partial charge in [0.2, 0.25) is 0 Å². The van der Waals surface area contributed by atoms with E-state index >= 15 is 0 Å². The fourth-order valence-corrected chi connectivity index (χ4v) is 6.51. The molecular weight excluding hydrogens is 484 g/mol. The van der Waals surface area contributed by atoms with Crippen LogP contribution in [0.2, 0.25) is 0 Å². The van der Waals surface area contributed by atoms with Crippen molar-refractivity contribution in [2.24, 2.45) is 0 Å². The summed E-state index contributed by atoms with van der Waals surface area (Å²) < 4.78 is 8.83. The third-order valence-electron chi connectivity index (χ3n) is 6.69. The average Bonchev–Trinajstić information content (AvgIpc) is 3.36. The van der Waals surface area contributed by atoms with Crippen LogP contribution in [0.3, 0.4) is 0 Å². The van der Waals surface area contributed by atoms with Crippen molar-refractivity contribution in [3.05, 3.63) is 50.9 Å². The number of fused-ring (bicyclic) bond motifs is 5. The smallest absolute Gasteiger partial charge is 0.271 e. The number of carbonyl (C=O) groups excluding carboxylic acids is 1. The van der Waals surface area contributed by atoms with Crippen LogP contribution in [0.15, 0.2) is 34.1 Å². The number of benzene rings is 1. The number of rotatable bonds is 2. The third kappa shape index (κ3) is 3.43. The lowest BCUT2D eigenvalue weighted by molar-refractivity contribution is 0.0559. The molecule has 0 saturated carbocycles. The zero-order chi connectivity index (χ0) is 22.6. The lowest BCUT2D eigenvalue weighted by Gasteiger charge is -2.37. The van der Waals surface area contributed by atoms with Crippen LogP contribution in [-0.4, -0.2) is 34.6 Å². The molecule has 0 radical (unpaired) electrons. The number of ether oxygens (including phenoxy) is 1. The van der Waals surface area contributed by atoms with Crippen LogP contribution in [0.5, 0.6) is 5.75 Å². The standard InChI is InChI=1S/C26H29BrN2O2S/c1-26(2,3)29-11-6-5-8-17-22(21-9-7-13-32-21)23-18-15-19(27)20(31-4)14-16(18)10-12-28(23)24(17)25(29)30/h7,9,13-15H,5-6,8,10-12H2,1-4H3. The van der Waals surface area contributed by atoms with E-state index in [0.717, 1.165) is 54.7 Å². The Kier molecular flexibility index (Phi) is 5.49. The molecule has 2 aliphatic heterocycles. The molecule has 0 unspecified atom stereocenters. The first-order chi connectivity index (χ1) is 15.3. The summed E-state index contributed by atoms with van der Waals surface area (Å²) in [6.45, 7) is 8.06. The first-order valence-corrected chi connectivity index (χ1v) is 13.0. The highest BCUT2D eigenvalue weighted by Crippen LogP contribution is 2.47. The maximum Gasteiger partial charge on any atom is 0.271 e. The summed E-state index contributed by atoms with van der Waals surface area (Å²) in [6, 6.07) is 8.62. The molecule has 0 bridgehead atoms. The highest BCUT2D eigenvalue weighted by molar-refractivity contribution is 9.10. The Morgan fingerprint density at radius 2 is 1.91 bits per heavy atom. The van der Waals surface area contributed by atoms with Gasteiger partial charge in [-0.15, -0.1) is 11.3 Å². The maximum atomic E-state index is 14.0. The maximum absolute atomic E-state index is 14.0. The number of aryl methyl sites for hydroxylation is 1. The van der Waals surface area contributed by atoms with E-state index in [9.17, 15) is 4.79 Å². The van der Waals surface area contributed by atoms with E-state index < -0.39 is 0 Å². The first-order valence-electron chi connectivity index (χ1n) is 11.3. The molecule has 0 fully saturated rings. The van der Waals surface area contributed by atoms with Crippen molar-refractivity contribution in [3.63, 3.8) is 0 Å². The van der Waals surface area contributed by atoms with Crippen molar-refractivity contribution in [3.8, 4) is 27.4 Å². The lowest BCUT2D eigenvalue weighted by atomic mass is 9.93. The van der Waals surface area contributed by atoms with E-state index in [-0.39, 0.29) is 11.4 Å². The molecule has 0 N–H and O–H groups in total. The molecule has 0 saturated heterocycles. The van der Waals surface area contributed by atoms with Crippen LogP contribution in [0, 0.1) is 0 Å². The van der Waals surface area contributed by atoms with Gasteiger partial charge in [0.05, 0.1) is 17.3 Å². The highest BCUT2D eigenvalue weighted by Gasteiger charge is 2.37. The summed E-state index contributed by atoms with van der Waals surface area (Å²) in [5, 5.41) is 2.13. The van der Waals surface area contributed by atoms with E-state index in [1.807, 2.05) is 0 Å². The fraction of sp³-hybridized carbons (Fsp3) is 0.423. The minimum Gasteiger partial charge on any atom is -0.496 e. The molecule has 3 aromatic rings. The summed E-state index contributed by atoms with van der Waals surface area (Å²) in [5.41, 5.74) is 6.83. The van der Waals surface area contributed by atoms with Crippen molar-refractivity contribution >= 4 is 33.2 Å². The Labute approximate surface area is 202 Å². The summed E-state index contributed by atoms with van der Waals surface area (Å²) in [4.78, 5) is 17.4. The third-order valence-corrected chi connectivity index (χ3v) is 8.19. The van der Waals surface area contributed by atoms with Gasteiger partial charge in [-0.2, -0.15) is 0 Å². The van der Waals surface area contributed by atoms with E-state index in [1.54, 1.807) is 18.4 Å². The second kappa shape index (κ2) is 8.07. The number of carbonyl (C=O) groups is 1. The number of nitrogens with zero attached hydrogens (tertiary/aromatic N) is 2. The van der Waals surface area contributed by atoms with Crippen LogP contribution in [0.25, 0.3) is 21.7 Å². The molecule has 1 amide bonds. The Morgan fingerprint density at radius 3 is 2.59 bits per heavy atom. The fourth-order valence-electron chi connectivity index (χ4n) is 5.20. The molecule has 0 aliphatic carbocycles. The van der Waals surface area contributed by atoms with Crippen LogP contribution in [0.1, 0.15) is 55.2 Å². The van der Waals surface area contributed by atoms with Crippen molar-refractivity contribution in [2.45, 2.75) is 58.5 Å². The van der Waals surface area contributed by atoms with Gasteiger partial charge in [0.15, 0.2) is 0 Å². The molecule has 4 heterocycles. The van der Waals surface area contributed by atoms with Crippen LogP contribution in [-0.2, 0) is 19.4 Å². The molecule has 0 spiro atoms. The van der Waals surface area contributed by atoms with E-state index in [1.165, 1.54) is 32.8 Å². The predicted octanol–water partition coefficient (Wildman–Crippen LogP) is 6.79. The van der Waals surface area contributed by atoms with Gasteiger partial charge in [0, 0.05) is 34.6 Å². The van der Waals surface area contributed by atoms with Crippen molar-refractivity contribution in [2.75, 3.05) is 13.7 Å². The molecule has 0 atom stereocenters. The summed E-state index contributed by atoms with van der Waals surface area (Å²) >= 11 is 5.46. The monoisotopic (exact) mass is 512 g/mol. The van der Waals surface area contributed by atoms with Crippen molar-refractivity contribution in [1.82, 2.24) is 9.47 Å². The summed E-state index contributed by atoms with van der Waals surface area (Å²) in [5.74, 6) is 1.03. The molecule has 2 aromatic heterocycles. The van der Waals surface area contributed by atoms with Gasteiger partial charge < -0.3 is 14.2 Å². The Bertz CT molecular complexity index is 1190. The van der Waals surface area contributed by atoms with Crippen LogP contribution < -0.4 is 4.74 Å². The molecule has 1 aromatic carbocycles. The summed E-state index contributed by atoms with van der Waals surface area (Å²) in [7, 11) is 1.71. The number of hydrogen-bond acceptors (Lipinski definition) is 3. The molecule has 32 heavy (non-hydrogen) atoms. The zero-order valence-corrected chi connectivity index (χ0v) is 21.5. The molecule has 5 rings (SSSR count). The normalized spacial score (nSPS) is 16.2. The number of hydrogen-bond donors (Lipinski definition) is 0. The van der Waals surface area contributed by atoms with E-state index in [2.05, 4.69) is 75.8 Å². The van der Waals surface area contributed by atoms with Crippen LogP contribution in [0.4, 0.5) is 0 Å². The minimum absolute atomic E-state index is 0.173.